The maximum atomic E-state index is 9.01. The van der Waals surface area contributed by atoms with Crippen LogP contribution >= 0.6 is 0 Å². The first kappa shape index (κ1) is 23.1. The van der Waals surface area contributed by atoms with Crippen molar-refractivity contribution in [2.24, 2.45) is 0 Å². The standard InChI is InChI=1S/C2HNO2.2C2H4O2.Na.H/c3-1-2(4)5;2*1-2(3)4;;/h(H,4,5);2*1H3,(H,3,4);;/q;;;+1;-1. The molecular weight excluding hydrogens is 205 g/mol. The van der Waals surface area contributed by atoms with Gasteiger partial charge in [0, 0.05) is 13.8 Å². The molecule has 0 spiro atoms. The van der Waals surface area contributed by atoms with Crippen LogP contribution in [0.3, 0.4) is 0 Å². The van der Waals surface area contributed by atoms with E-state index in [4.69, 9.17) is 35.0 Å². The quantitative estimate of drug-likeness (QED) is 0.221. The second kappa shape index (κ2) is 17.8. The molecule has 0 rings (SSSR count). The van der Waals surface area contributed by atoms with Gasteiger partial charge in [0.05, 0.1) is 0 Å². The van der Waals surface area contributed by atoms with Crippen LogP contribution in [-0.4, -0.2) is 33.2 Å². The predicted molar refractivity (Wildman–Crippen MR) is 41.0 cm³/mol. The van der Waals surface area contributed by atoms with Crippen LogP contribution in [0.15, 0.2) is 0 Å². The number of rotatable bonds is 0. The van der Waals surface area contributed by atoms with Crippen molar-refractivity contribution in [3.63, 3.8) is 0 Å². The molecule has 0 saturated carbocycles. The van der Waals surface area contributed by atoms with Crippen molar-refractivity contribution in [2.75, 3.05) is 0 Å². The van der Waals surface area contributed by atoms with Crippen LogP contribution in [0.5, 0.6) is 0 Å². The van der Waals surface area contributed by atoms with Crippen LogP contribution in [0.2, 0.25) is 0 Å². The molecule has 0 heterocycles. The van der Waals surface area contributed by atoms with Gasteiger partial charge in [-0.1, -0.05) is 0 Å². The van der Waals surface area contributed by atoms with E-state index in [0.717, 1.165) is 19.9 Å². The first-order chi connectivity index (χ1) is 5.73. The molecule has 0 aliphatic heterocycles. The van der Waals surface area contributed by atoms with Crippen molar-refractivity contribution in [1.82, 2.24) is 0 Å². The van der Waals surface area contributed by atoms with Crippen LogP contribution in [-0.2, 0) is 14.4 Å². The van der Waals surface area contributed by atoms with E-state index in [0.29, 0.717) is 0 Å². The van der Waals surface area contributed by atoms with E-state index < -0.39 is 17.9 Å². The number of hydrogen-bond donors (Lipinski definition) is 3. The van der Waals surface area contributed by atoms with E-state index in [1.807, 2.05) is 0 Å². The van der Waals surface area contributed by atoms with Gasteiger partial charge in [-0.2, -0.15) is 5.26 Å². The summed E-state index contributed by atoms with van der Waals surface area (Å²) in [5.74, 6) is -3.11. The average Bonchev–Trinajstić information content (AvgIpc) is 1.84. The number of aliphatic carboxylic acids is 3. The Balaban J connectivity index is -0.0000000315. The summed E-state index contributed by atoms with van der Waals surface area (Å²) in [6.07, 6.45) is 0. The van der Waals surface area contributed by atoms with Crippen molar-refractivity contribution in [2.45, 2.75) is 13.8 Å². The van der Waals surface area contributed by atoms with Crippen molar-refractivity contribution in [1.29, 1.82) is 5.26 Å². The van der Waals surface area contributed by atoms with Crippen molar-refractivity contribution in [3.8, 4) is 6.07 Å². The van der Waals surface area contributed by atoms with E-state index >= 15 is 0 Å². The Hall–Kier alpha value is -1.10. The molecule has 0 atom stereocenters. The normalized spacial score (nSPS) is 5.50. The number of hydrogen-bond acceptors (Lipinski definition) is 4. The molecule has 8 heteroatoms. The number of nitrogens with zero attached hydrogens (tertiary/aromatic N) is 1. The van der Waals surface area contributed by atoms with E-state index in [1.165, 1.54) is 0 Å². The van der Waals surface area contributed by atoms with E-state index in [1.54, 1.807) is 0 Å². The molecule has 0 fully saturated rings. The monoisotopic (exact) mass is 215 g/mol. The molecule has 0 aliphatic carbocycles. The molecule has 0 aliphatic rings. The molecule has 14 heavy (non-hydrogen) atoms. The number of carboxylic acids is 3. The molecule has 7 nitrogen and oxygen atoms in total. The summed E-state index contributed by atoms with van der Waals surface area (Å²) in [6, 6.07) is 0.944. The van der Waals surface area contributed by atoms with Gasteiger partial charge < -0.3 is 16.7 Å². The third-order valence-electron chi connectivity index (χ3n) is 0.0956. The van der Waals surface area contributed by atoms with Crippen LogP contribution < -0.4 is 29.6 Å². The zero-order chi connectivity index (χ0) is 11.4. The Morgan fingerprint density at radius 1 is 1.07 bits per heavy atom. The molecule has 0 unspecified atom stereocenters. The fraction of sp³-hybridized carbons (Fsp3) is 0.333. The number of nitriles is 1. The molecule has 0 bridgehead atoms. The number of carboxylic acid groups (broad SMARTS) is 3. The maximum absolute atomic E-state index is 9.01. The molecule has 0 radical (unpaired) electrons. The topological polar surface area (TPSA) is 136 Å². The first-order valence-electron chi connectivity index (χ1n) is 2.76. The third kappa shape index (κ3) is 1320. The Kier molecular flexibility index (Phi) is 29.4. The van der Waals surface area contributed by atoms with Gasteiger partial charge in [-0.25, -0.2) is 4.79 Å². The maximum Gasteiger partial charge on any atom is 1.00 e. The van der Waals surface area contributed by atoms with Crippen molar-refractivity contribution in [3.05, 3.63) is 0 Å². The molecule has 0 aromatic rings. The van der Waals surface area contributed by atoms with E-state index in [-0.39, 0.29) is 31.0 Å². The molecule has 0 amide bonds. The second-order valence-electron chi connectivity index (χ2n) is 1.45. The molecular formula is C6H10NNaO6. The van der Waals surface area contributed by atoms with Gasteiger partial charge in [-0.15, -0.1) is 0 Å². The summed E-state index contributed by atoms with van der Waals surface area (Å²) in [5.41, 5.74) is 0. The minimum absolute atomic E-state index is 0. The zero-order valence-electron chi connectivity index (χ0n) is 9.01. The molecule has 76 valence electrons. The third-order valence-corrected chi connectivity index (χ3v) is 0.0956. The van der Waals surface area contributed by atoms with E-state index in [2.05, 4.69) is 0 Å². The van der Waals surface area contributed by atoms with Crippen molar-refractivity contribution >= 4 is 17.9 Å². The van der Waals surface area contributed by atoms with Gasteiger partial charge in [0.25, 0.3) is 11.9 Å². The number of carbonyl (C=O) groups is 3. The second-order valence-corrected chi connectivity index (χ2v) is 1.45. The Labute approximate surface area is 104 Å². The molecule has 0 aromatic heterocycles. The Morgan fingerprint density at radius 3 is 1.14 bits per heavy atom. The summed E-state index contributed by atoms with van der Waals surface area (Å²) >= 11 is 0. The summed E-state index contributed by atoms with van der Waals surface area (Å²) in [4.78, 5) is 27.0. The molecule has 3 N–H and O–H groups in total. The van der Waals surface area contributed by atoms with E-state index in [9.17, 15) is 0 Å². The van der Waals surface area contributed by atoms with Gasteiger partial charge in [-0.3, -0.25) is 9.59 Å². The van der Waals surface area contributed by atoms with Gasteiger partial charge >= 0.3 is 35.5 Å². The van der Waals surface area contributed by atoms with Crippen LogP contribution in [0, 0.1) is 11.3 Å². The molecule has 0 aromatic carbocycles. The fourth-order valence-electron chi connectivity index (χ4n) is 0. The van der Waals surface area contributed by atoms with Gasteiger partial charge in [0.1, 0.15) is 0 Å². The summed E-state index contributed by atoms with van der Waals surface area (Å²) in [6.45, 7) is 2.17. The average molecular weight is 215 g/mol. The summed E-state index contributed by atoms with van der Waals surface area (Å²) < 4.78 is 0. The van der Waals surface area contributed by atoms with Gasteiger partial charge in [-0.05, 0) is 0 Å². The van der Waals surface area contributed by atoms with Gasteiger partial charge in [0.15, 0.2) is 6.07 Å². The Morgan fingerprint density at radius 2 is 1.14 bits per heavy atom. The minimum Gasteiger partial charge on any atom is -1.00 e. The summed E-state index contributed by atoms with van der Waals surface area (Å²) in [5, 5.41) is 29.5. The smallest absolute Gasteiger partial charge is 1.00 e. The fourth-order valence-corrected chi connectivity index (χ4v) is 0. The van der Waals surface area contributed by atoms with Crippen LogP contribution in [0.4, 0.5) is 0 Å². The summed E-state index contributed by atoms with van der Waals surface area (Å²) in [7, 11) is 0. The minimum atomic E-state index is -1.44. The largest absolute Gasteiger partial charge is 1.00 e. The Bertz CT molecular complexity index is 206. The molecule has 0 saturated heterocycles. The zero-order valence-corrected chi connectivity index (χ0v) is 10.0. The van der Waals surface area contributed by atoms with Crippen molar-refractivity contribution < 1.29 is 60.7 Å². The van der Waals surface area contributed by atoms with Gasteiger partial charge in [0.2, 0.25) is 0 Å². The first-order valence-corrected chi connectivity index (χ1v) is 2.76. The SMILES string of the molecule is CC(=O)O.CC(=O)O.N#CC(=O)O.[H-].[Na+]. The predicted octanol–water partition coefficient (Wildman–Crippen LogP) is -3.11. The van der Waals surface area contributed by atoms with Crippen LogP contribution in [0.1, 0.15) is 15.3 Å². The van der Waals surface area contributed by atoms with Crippen LogP contribution in [0.25, 0.3) is 0 Å².